The lowest BCUT2D eigenvalue weighted by Gasteiger charge is -2.22. The summed E-state index contributed by atoms with van der Waals surface area (Å²) in [5, 5.41) is 0.361. The molecule has 2 aromatic rings. The van der Waals surface area contributed by atoms with Crippen LogP contribution >= 0.6 is 23.5 Å². The Balaban J connectivity index is 1.73. The molecule has 0 unspecified atom stereocenters. The fourth-order valence-corrected chi connectivity index (χ4v) is 5.14. The van der Waals surface area contributed by atoms with Gasteiger partial charge in [-0.3, -0.25) is 4.79 Å². The first-order valence-electron chi connectivity index (χ1n) is 8.56. The molecule has 1 aliphatic heterocycles. The zero-order valence-electron chi connectivity index (χ0n) is 14.5. The van der Waals surface area contributed by atoms with Gasteiger partial charge in [-0.05, 0) is 36.6 Å². The second kappa shape index (κ2) is 8.91. The van der Waals surface area contributed by atoms with Crippen LogP contribution in [-0.4, -0.2) is 35.4 Å². The number of benzene rings is 2. The molecular weight excluding hydrogens is 372 g/mol. The molecule has 1 fully saturated rings. The maximum Gasteiger partial charge on any atom is 0.288 e. The molecule has 0 spiro atoms. The highest BCUT2D eigenvalue weighted by atomic mass is 32.2. The molecule has 6 heteroatoms. The Hall–Kier alpha value is -1.53. The van der Waals surface area contributed by atoms with Crippen molar-refractivity contribution >= 4 is 29.4 Å². The average Bonchev–Trinajstić information content (AvgIpc) is 2.88. The highest BCUT2D eigenvalue weighted by Crippen LogP contribution is 2.36. The van der Waals surface area contributed by atoms with Crippen LogP contribution in [0.15, 0.2) is 53.4 Å². The van der Waals surface area contributed by atoms with Gasteiger partial charge in [0.2, 0.25) is 0 Å². The van der Waals surface area contributed by atoms with Crippen LogP contribution in [0.1, 0.15) is 33.2 Å². The van der Waals surface area contributed by atoms with Crippen molar-refractivity contribution in [1.29, 1.82) is 0 Å². The van der Waals surface area contributed by atoms with Gasteiger partial charge in [-0.2, -0.15) is 20.5 Å². The van der Waals surface area contributed by atoms with Gasteiger partial charge >= 0.3 is 0 Å². The van der Waals surface area contributed by atoms with Gasteiger partial charge in [0.05, 0.1) is 5.56 Å². The van der Waals surface area contributed by atoms with Crippen molar-refractivity contribution < 1.29 is 13.6 Å². The number of hydrogen-bond donors (Lipinski definition) is 0. The van der Waals surface area contributed by atoms with Crippen LogP contribution in [0.25, 0.3) is 0 Å². The van der Waals surface area contributed by atoms with E-state index in [1.165, 1.54) is 11.1 Å². The lowest BCUT2D eigenvalue weighted by Crippen LogP contribution is -2.33. The van der Waals surface area contributed by atoms with Crippen LogP contribution in [0.5, 0.6) is 0 Å². The van der Waals surface area contributed by atoms with Gasteiger partial charge < -0.3 is 4.90 Å². The monoisotopic (exact) mass is 393 g/mol. The largest absolute Gasteiger partial charge is 0.338 e. The van der Waals surface area contributed by atoms with Gasteiger partial charge in [0.15, 0.2) is 0 Å². The number of aryl methyl sites for hydroxylation is 1. The van der Waals surface area contributed by atoms with Crippen LogP contribution in [0.2, 0.25) is 0 Å². The topological polar surface area (TPSA) is 20.3 Å². The summed E-state index contributed by atoms with van der Waals surface area (Å²) in [5.41, 5.74) is 2.96. The fourth-order valence-electron chi connectivity index (χ4n) is 3.18. The van der Waals surface area contributed by atoms with Crippen molar-refractivity contribution in [2.45, 2.75) is 29.2 Å². The van der Waals surface area contributed by atoms with Crippen molar-refractivity contribution in [1.82, 2.24) is 4.90 Å². The number of alkyl halides is 2. The Kier molecular flexibility index (Phi) is 6.59. The molecule has 3 rings (SSSR count). The molecular formula is C20H21F2NOS2. The van der Waals surface area contributed by atoms with E-state index < -0.39 is 5.76 Å². The standard InChI is InChI=1S/C20H21F2NOS2/c1-14-6-2-3-7-15(14)17-10-11-23(12-13-25-17)19(24)16-8-4-5-9-18(16)26-20(21)22/h2-9,17,20H,10-13H2,1H3/t17-/m0/s1. The second-order valence-electron chi connectivity index (χ2n) is 6.17. The molecule has 0 aromatic heterocycles. The summed E-state index contributed by atoms with van der Waals surface area (Å²) in [6, 6.07) is 15.0. The molecule has 1 heterocycles. The molecule has 138 valence electrons. The Morgan fingerprint density at radius 2 is 1.88 bits per heavy atom. The van der Waals surface area contributed by atoms with E-state index in [0.717, 1.165) is 12.2 Å². The molecule has 0 saturated carbocycles. The number of thioether (sulfide) groups is 2. The predicted molar refractivity (Wildman–Crippen MR) is 105 cm³/mol. The smallest absolute Gasteiger partial charge is 0.288 e. The normalized spacial score (nSPS) is 18.0. The minimum Gasteiger partial charge on any atom is -0.338 e. The second-order valence-corrected chi connectivity index (χ2v) is 8.51. The van der Waals surface area contributed by atoms with E-state index in [1.807, 2.05) is 17.8 Å². The molecule has 1 saturated heterocycles. The third kappa shape index (κ3) is 4.60. The first-order chi connectivity index (χ1) is 12.6. The molecule has 2 aromatic carbocycles. The summed E-state index contributed by atoms with van der Waals surface area (Å²) in [6.07, 6.45) is 0.866. The van der Waals surface area contributed by atoms with E-state index in [0.29, 0.717) is 40.6 Å². The maximum absolute atomic E-state index is 12.9. The number of nitrogens with zero attached hydrogens (tertiary/aromatic N) is 1. The Morgan fingerprint density at radius 3 is 2.65 bits per heavy atom. The minimum absolute atomic E-state index is 0.153. The van der Waals surface area contributed by atoms with Gasteiger partial charge in [-0.15, -0.1) is 0 Å². The quantitative estimate of drug-likeness (QED) is 0.628. The number of amides is 1. The number of carbonyl (C=O) groups is 1. The van der Waals surface area contributed by atoms with E-state index >= 15 is 0 Å². The lowest BCUT2D eigenvalue weighted by molar-refractivity contribution is 0.0763. The third-order valence-corrected chi connectivity index (χ3v) is 6.60. The number of carbonyl (C=O) groups excluding carboxylic acids is 1. The minimum atomic E-state index is -2.53. The van der Waals surface area contributed by atoms with Crippen LogP contribution < -0.4 is 0 Å². The summed E-state index contributed by atoms with van der Waals surface area (Å²) < 4.78 is 25.6. The molecule has 2 nitrogen and oxygen atoms in total. The summed E-state index contributed by atoms with van der Waals surface area (Å²) in [4.78, 5) is 15.1. The van der Waals surface area contributed by atoms with Crippen molar-refractivity contribution in [3.8, 4) is 0 Å². The van der Waals surface area contributed by atoms with E-state index in [2.05, 4.69) is 25.1 Å². The van der Waals surface area contributed by atoms with Crippen molar-refractivity contribution in [3.63, 3.8) is 0 Å². The van der Waals surface area contributed by atoms with Crippen molar-refractivity contribution in [2.75, 3.05) is 18.8 Å². The average molecular weight is 394 g/mol. The third-order valence-electron chi connectivity index (χ3n) is 4.50. The van der Waals surface area contributed by atoms with Gasteiger partial charge in [-0.1, -0.05) is 48.2 Å². The van der Waals surface area contributed by atoms with Gasteiger partial charge in [0.1, 0.15) is 0 Å². The highest BCUT2D eigenvalue weighted by molar-refractivity contribution is 7.99. The zero-order chi connectivity index (χ0) is 18.5. The van der Waals surface area contributed by atoms with Crippen LogP contribution in [-0.2, 0) is 0 Å². The zero-order valence-corrected chi connectivity index (χ0v) is 16.2. The van der Waals surface area contributed by atoms with E-state index in [4.69, 9.17) is 0 Å². The fraction of sp³-hybridized carbons (Fsp3) is 0.350. The summed E-state index contributed by atoms with van der Waals surface area (Å²) in [5.74, 6) is -1.84. The van der Waals surface area contributed by atoms with Crippen molar-refractivity contribution in [2.24, 2.45) is 0 Å². The molecule has 0 N–H and O–H groups in total. The van der Waals surface area contributed by atoms with Crippen LogP contribution in [0.4, 0.5) is 8.78 Å². The van der Waals surface area contributed by atoms with Gasteiger partial charge in [0.25, 0.3) is 11.7 Å². The maximum atomic E-state index is 12.9. The Bertz CT molecular complexity index is 769. The highest BCUT2D eigenvalue weighted by Gasteiger charge is 2.25. The summed E-state index contributed by atoms with van der Waals surface area (Å²) in [7, 11) is 0. The van der Waals surface area contributed by atoms with Crippen LogP contribution in [0, 0.1) is 6.92 Å². The first kappa shape index (κ1) is 19.2. The summed E-state index contributed by atoms with van der Waals surface area (Å²) in [6.45, 7) is 3.39. The Labute approximate surface area is 161 Å². The lowest BCUT2D eigenvalue weighted by atomic mass is 10.0. The molecule has 0 bridgehead atoms. The van der Waals surface area contributed by atoms with E-state index in [9.17, 15) is 13.6 Å². The number of halogens is 2. The molecule has 26 heavy (non-hydrogen) atoms. The molecule has 1 aliphatic rings. The van der Waals surface area contributed by atoms with E-state index in [1.54, 1.807) is 29.2 Å². The molecule has 0 radical (unpaired) electrons. The molecule has 1 atom stereocenters. The Morgan fingerprint density at radius 1 is 1.15 bits per heavy atom. The molecule has 0 aliphatic carbocycles. The summed E-state index contributed by atoms with van der Waals surface area (Å²) >= 11 is 2.30. The number of rotatable bonds is 4. The van der Waals surface area contributed by atoms with Gasteiger partial charge in [-0.25, -0.2) is 0 Å². The molecule has 1 amide bonds. The predicted octanol–water partition coefficient (Wildman–Crippen LogP) is 5.63. The van der Waals surface area contributed by atoms with Crippen LogP contribution in [0.3, 0.4) is 0 Å². The SMILES string of the molecule is Cc1ccccc1[C@@H]1CCN(C(=O)c2ccccc2SC(F)F)CCS1. The van der Waals surface area contributed by atoms with E-state index in [-0.39, 0.29) is 5.91 Å². The first-order valence-corrected chi connectivity index (χ1v) is 10.5. The van der Waals surface area contributed by atoms with Crippen molar-refractivity contribution in [3.05, 3.63) is 65.2 Å². The number of hydrogen-bond acceptors (Lipinski definition) is 3. The van der Waals surface area contributed by atoms with Gasteiger partial charge in [0, 0.05) is 29.0 Å².